The van der Waals surface area contributed by atoms with Crippen molar-refractivity contribution in [1.82, 2.24) is 0 Å². The van der Waals surface area contributed by atoms with Gasteiger partial charge in [-0.25, -0.2) is 0 Å². The van der Waals surface area contributed by atoms with E-state index in [1.807, 2.05) is 0 Å². The van der Waals surface area contributed by atoms with Crippen molar-refractivity contribution in [3.05, 3.63) is 0 Å². The lowest BCUT2D eigenvalue weighted by atomic mass is 10.0. The topological polar surface area (TPSA) is 27.7 Å². The minimum Gasteiger partial charge on any atom is -0.468 e. The number of hydrogen-bond acceptors (Lipinski definition) is 3. The van der Waals surface area contributed by atoms with Gasteiger partial charge >= 0.3 is 0 Å². The van der Waals surface area contributed by atoms with Gasteiger partial charge in [0.1, 0.15) is 20.2 Å². The van der Waals surface area contributed by atoms with Gasteiger partial charge in [0.25, 0.3) is 0 Å². The van der Waals surface area contributed by atoms with Gasteiger partial charge in [-0.15, -0.1) is 0 Å². The number of rotatable bonds is 8. The maximum Gasteiger partial charge on any atom is 0.184 e. The van der Waals surface area contributed by atoms with E-state index in [1.165, 1.54) is 0 Å². The van der Waals surface area contributed by atoms with Gasteiger partial charge in [0.05, 0.1) is 11.7 Å². The lowest BCUT2D eigenvalue weighted by molar-refractivity contribution is -0.0143. The molecule has 0 bridgehead atoms. The van der Waals surface area contributed by atoms with Crippen LogP contribution < -0.4 is 0 Å². The molecule has 0 aromatic carbocycles. The molecule has 0 aromatic heterocycles. The second-order valence-corrected chi connectivity index (χ2v) is 19.2. The molecule has 0 heterocycles. The van der Waals surface area contributed by atoms with Gasteiger partial charge in [-0.1, -0.05) is 0 Å². The summed E-state index contributed by atoms with van der Waals surface area (Å²) in [6, 6.07) is 1.05. The zero-order valence-corrected chi connectivity index (χ0v) is 19.1. The average molecular weight is 325 g/mol. The molecular weight excluding hydrogens is 292 g/mol. The molecule has 0 fully saturated rings. The van der Waals surface area contributed by atoms with Crippen LogP contribution in [0.15, 0.2) is 0 Å². The van der Waals surface area contributed by atoms with Gasteiger partial charge in [0.15, 0.2) is 16.6 Å². The minimum atomic E-state index is -1.57. The van der Waals surface area contributed by atoms with E-state index in [0.717, 1.165) is 16.5 Å². The molecule has 2 unspecified atom stereocenters. The molecule has 110 valence electrons. The second-order valence-electron chi connectivity index (χ2n) is 7.14. The van der Waals surface area contributed by atoms with Crippen LogP contribution >= 0.6 is 0 Å². The smallest absolute Gasteiger partial charge is 0.184 e. The van der Waals surface area contributed by atoms with E-state index in [2.05, 4.69) is 53.1 Å². The number of hydrogen-bond donors (Lipinski definition) is 0. The van der Waals surface area contributed by atoms with Crippen LogP contribution in [0.2, 0.25) is 45.3 Å². The second kappa shape index (κ2) is 6.96. The summed E-state index contributed by atoms with van der Waals surface area (Å²) in [6.45, 7) is 17.8. The van der Waals surface area contributed by atoms with E-state index in [0.29, 0.717) is 0 Å². The van der Waals surface area contributed by atoms with Crippen LogP contribution in [-0.2, 0) is 13.0 Å². The fourth-order valence-electron chi connectivity index (χ4n) is 2.00. The molecule has 0 spiro atoms. The molecule has 0 aliphatic heterocycles. The molecule has 7 heteroatoms. The Morgan fingerprint density at radius 2 is 1.61 bits per heavy atom. The first-order valence-electron chi connectivity index (χ1n) is 6.76. The van der Waals surface area contributed by atoms with Gasteiger partial charge in [0.2, 0.25) is 0 Å². The van der Waals surface area contributed by atoms with Crippen LogP contribution in [0.4, 0.5) is 0 Å². The molecule has 0 saturated carbocycles. The summed E-state index contributed by atoms with van der Waals surface area (Å²) in [6.07, 6.45) is 0.153. The molecule has 0 radical (unpaired) electrons. The first-order chi connectivity index (χ1) is 7.90. The Morgan fingerprint density at radius 1 is 1.11 bits per heavy atom. The lowest BCUT2D eigenvalue weighted by Gasteiger charge is -2.42. The van der Waals surface area contributed by atoms with E-state index in [-0.39, 0.29) is 11.7 Å². The van der Waals surface area contributed by atoms with E-state index in [4.69, 9.17) is 13.0 Å². The summed E-state index contributed by atoms with van der Waals surface area (Å²) >= 11 is 0. The van der Waals surface area contributed by atoms with E-state index in [9.17, 15) is 0 Å². The van der Waals surface area contributed by atoms with E-state index in [1.54, 1.807) is 0 Å². The molecule has 0 N–H and O–H groups in total. The minimum absolute atomic E-state index is 0.153. The van der Waals surface area contributed by atoms with Crippen molar-refractivity contribution in [1.29, 1.82) is 0 Å². The normalized spacial score (nSPS) is 19.3. The van der Waals surface area contributed by atoms with E-state index < -0.39 is 26.4 Å². The summed E-state index contributed by atoms with van der Waals surface area (Å²) in [5, 5.41) is 0. The maximum atomic E-state index is 6.44. The molecule has 2 atom stereocenters. The van der Waals surface area contributed by atoms with Crippen LogP contribution in [0.3, 0.4) is 0 Å². The Hall–Kier alpha value is 0.748. The Labute approximate surface area is 121 Å². The average Bonchev–Trinajstić information content (AvgIpc) is 2.09. The SMILES string of the molecule is CC(O[Si](C)(C)C)C(C)(C[SiH2]O[SiH3])O[Si](C)(C)C. The monoisotopic (exact) mass is 324 g/mol. The highest BCUT2D eigenvalue weighted by molar-refractivity contribution is 6.70. The zero-order valence-electron chi connectivity index (χ0n) is 13.7. The van der Waals surface area contributed by atoms with Crippen LogP contribution in [-0.4, -0.2) is 48.6 Å². The zero-order chi connectivity index (χ0) is 14.6. The Morgan fingerprint density at radius 3 is 1.94 bits per heavy atom. The van der Waals surface area contributed by atoms with Crippen LogP contribution in [0, 0.1) is 0 Å². The molecule has 0 aromatic rings. The predicted octanol–water partition coefficient (Wildman–Crippen LogP) is 1.64. The van der Waals surface area contributed by atoms with Crippen LogP contribution in [0.5, 0.6) is 0 Å². The summed E-state index contributed by atoms with van der Waals surface area (Å²) in [5.74, 6) is 0. The van der Waals surface area contributed by atoms with Crippen molar-refractivity contribution in [3.8, 4) is 0 Å². The summed E-state index contributed by atoms with van der Waals surface area (Å²) in [7, 11) is -2.70. The van der Waals surface area contributed by atoms with Crippen molar-refractivity contribution in [2.24, 2.45) is 0 Å². The van der Waals surface area contributed by atoms with Crippen molar-refractivity contribution in [2.75, 3.05) is 0 Å². The Bertz CT molecular complexity index is 250. The molecule has 0 saturated heterocycles. The Balaban J connectivity index is 4.84. The third-order valence-electron chi connectivity index (χ3n) is 2.73. The molecular formula is C11H32O3Si4. The maximum absolute atomic E-state index is 6.44. The highest BCUT2D eigenvalue weighted by Crippen LogP contribution is 2.29. The van der Waals surface area contributed by atoms with Crippen molar-refractivity contribution >= 4 is 36.9 Å². The first-order valence-corrected chi connectivity index (χ1v) is 16.0. The first kappa shape index (κ1) is 18.7. The summed E-state index contributed by atoms with van der Waals surface area (Å²) in [4.78, 5) is 0. The van der Waals surface area contributed by atoms with Crippen molar-refractivity contribution in [2.45, 2.75) is 70.9 Å². The molecule has 3 nitrogen and oxygen atoms in total. The van der Waals surface area contributed by atoms with Crippen LogP contribution in [0.25, 0.3) is 0 Å². The largest absolute Gasteiger partial charge is 0.468 e. The predicted molar refractivity (Wildman–Crippen MR) is 91.1 cm³/mol. The van der Waals surface area contributed by atoms with Gasteiger partial charge < -0.3 is 13.0 Å². The van der Waals surface area contributed by atoms with Crippen molar-refractivity contribution in [3.63, 3.8) is 0 Å². The van der Waals surface area contributed by atoms with Crippen LogP contribution in [0.1, 0.15) is 13.8 Å². The quantitative estimate of drug-likeness (QED) is 0.635. The molecule has 0 amide bonds. The fraction of sp³-hybridized carbons (Fsp3) is 1.00. The van der Waals surface area contributed by atoms with Gasteiger partial charge in [-0.2, -0.15) is 0 Å². The molecule has 18 heavy (non-hydrogen) atoms. The summed E-state index contributed by atoms with van der Waals surface area (Å²) < 4.78 is 18.2. The van der Waals surface area contributed by atoms with Gasteiger partial charge in [-0.05, 0) is 59.2 Å². The highest BCUT2D eigenvalue weighted by atomic mass is 28.4. The van der Waals surface area contributed by atoms with Gasteiger partial charge in [-0.3, -0.25) is 0 Å². The van der Waals surface area contributed by atoms with Crippen molar-refractivity contribution < 1.29 is 13.0 Å². The molecule has 0 rings (SSSR count). The van der Waals surface area contributed by atoms with Gasteiger partial charge in [0, 0.05) is 0 Å². The lowest BCUT2D eigenvalue weighted by Crippen LogP contribution is -2.52. The third-order valence-corrected chi connectivity index (χ3v) is 7.70. The highest BCUT2D eigenvalue weighted by Gasteiger charge is 2.38. The molecule has 0 aliphatic rings. The van der Waals surface area contributed by atoms with E-state index >= 15 is 0 Å². The summed E-state index contributed by atoms with van der Waals surface area (Å²) in [5.41, 5.74) is -0.165. The Kier molecular flexibility index (Phi) is 7.25. The fourth-order valence-corrected chi connectivity index (χ4v) is 6.91. The third kappa shape index (κ3) is 8.03. The standard InChI is InChI=1S/C11H32O3Si4/c1-10(12-17(3,4)5)11(2,9-16-14-15)13-18(6,7)8/h10H,9,16H2,1-8,15H3. The molecule has 0 aliphatic carbocycles.